The molecule has 2 aromatic carbocycles. The summed E-state index contributed by atoms with van der Waals surface area (Å²) in [6.45, 7) is 3.40. The van der Waals surface area contributed by atoms with Crippen LogP contribution in [0.5, 0.6) is 17.2 Å². The van der Waals surface area contributed by atoms with Crippen LogP contribution in [-0.4, -0.2) is 61.9 Å². The van der Waals surface area contributed by atoms with Crippen LogP contribution in [0.4, 0.5) is 11.8 Å². The van der Waals surface area contributed by atoms with E-state index in [0.717, 1.165) is 42.0 Å². The molecule has 1 amide bonds. The summed E-state index contributed by atoms with van der Waals surface area (Å²) in [5, 5.41) is 16.3. The van der Waals surface area contributed by atoms with Gasteiger partial charge in [0.1, 0.15) is 5.75 Å². The minimum atomic E-state index is 0.201. The predicted octanol–water partition coefficient (Wildman–Crippen LogP) is 3.15. The zero-order valence-electron chi connectivity index (χ0n) is 20.9. The van der Waals surface area contributed by atoms with Gasteiger partial charge in [-0.25, -0.2) is 4.98 Å². The molecule has 0 bridgehead atoms. The first-order valence-corrected chi connectivity index (χ1v) is 12.8. The average Bonchev–Trinajstić information content (AvgIpc) is 3.67. The summed E-state index contributed by atoms with van der Waals surface area (Å²) in [5.41, 5.74) is 3.49. The van der Waals surface area contributed by atoms with Crippen molar-refractivity contribution in [3.63, 3.8) is 0 Å². The lowest BCUT2D eigenvalue weighted by atomic mass is 10.1. The number of aromatic hydroxyl groups is 1. The summed E-state index contributed by atoms with van der Waals surface area (Å²) in [4.78, 5) is 28.1. The highest BCUT2D eigenvalue weighted by molar-refractivity contribution is 5.84. The first-order chi connectivity index (χ1) is 18.6. The van der Waals surface area contributed by atoms with Gasteiger partial charge in [0.25, 0.3) is 0 Å². The Morgan fingerprint density at radius 2 is 1.82 bits per heavy atom. The summed E-state index contributed by atoms with van der Waals surface area (Å²) in [6.07, 6.45) is 4.04. The van der Waals surface area contributed by atoms with Crippen molar-refractivity contribution in [1.29, 1.82) is 0 Å². The number of hydrogen-bond acceptors (Lipinski definition) is 9. The van der Waals surface area contributed by atoms with Crippen LogP contribution < -0.4 is 20.1 Å². The molecule has 11 heteroatoms. The van der Waals surface area contributed by atoms with E-state index in [9.17, 15) is 9.90 Å². The molecule has 0 radical (unpaired) electrons. The lowest BCUT2D eigenvalue weighted by Crippen LogP contribution is -2.28. The maximum absolute atomic E-state index is 12.1. The molecule has 1 fully saturated rings. The van der Waals surface area contributed by atoms with Crippen molar-refractivity contribution in [3.8, 4) is 17.2 Å². The van der Waals surface area contributed by atoms with Crippen LogP contribution in [0.1, 0.15) is 24.0 Å². The first-order valence-electron chi connectivity index (χ1n) is 12.8. The zero-order valence-corrected chi connectivity index (χ0v) is 20.9. The Labute approximate surface area is 219 Å². The van der Waals surface area contributed by atoms with Crippen LogP contribution in [0.15, 0.2) is 48.8 Å². The van der Waals surface area contributed by atoms with Gasteiger partial charge in [0.05, 0.1) is 6.33 Å². The number of phenols is 1. The molecule has 6 rings (SSSR count). The minimum absolute atomic E-state index is 0.201. The predicted molar refractivity (Wildman–Crippen MR) is 141 cm³/mol. The second-order valence-corrected chi connectivity index (χ2v) is 9.37. The van der Waals surface area contributed by atoms with E-state index in [1.807, 2.05) is 39.8 Å². The zero-order chi connectivity index (χ0) is 25.9. The van der Waals surface area contributed by atoms with Gasteiger partial charge in [0.15, 0.2) is 28.5 Å². The molecule has 4 aromatic rings. The molecule has 1 saturated heterocycles. The van der Waals surface area contributed by atoms with Crippen molar-refractivity contribution in [3.05, 3.63) is 59.9 Å². The highest BCUT2D eigenvalue weighted by atomic mass is 16.7. The highest BCUT2D eigenvalue weighted by Crippen LogP contribution is 2.32. The number of ether oxygens (including phenoxy) is 2. The van der Waals surface area contributed by atoms with Gasteiger partial charge < -0.3 is 34.7 Å². The molecule has 0 unspecified atom stereocenters. The summed E-state index contributed by atoms with van der Waals surface area (Å²) < 4.78 is 12.9. The third-order valence-electron chi connectivity index (χ3n) is 6.78. The van der Waals surface area contributed by atoms with Crippen molar-refractivity contribution in [2.24, 2.45) is 0 Å². The second-order valence-electron chi connectivity index (χ2n) is 9.37. The molecule has 2 aromatic heterocycles. The van der Waals surface area contributed by atoms with Gasteiger partial charge >= 0.3 is 0 Å². The van der Waals surface area contributed by atoms with Gasteiger partial charge in [-0.1, -0.05) is 18.2 Å². The average molecular weight is 516 g/mol. The number of amides is 1. The van der Waals surface area contributed by atoms with Gasteiger partial charge in [-0.05, 0) is 48.2 Å². The number of imidazole rings is 1. The molecule has 11 nitrogen and oxygen atoms in total. The fourth-order valence-corrected chi connectivity index (χ4v) is 4.70. The van der Waals surface area contributed by atoms with Gasteiger partial charge in [-0.15, -0.1) is 0 Å². The topological polar surface area (TPSA) is 127 Å². The number of carbonyl (C=O) groups excluding carboxylic acids is 1. The van der Waals surface area contributed by atoms with E-state index in [1.54, 1.807) is 18.5 Å². The molecular weight excluding hydrogens is 486 g/mol. The molecular formula is C27H29N7O4. The molecule has 38 heavy (non-hydrogen) atoms. The standard InChI is InChI=1S/C27H29N7O4/c35-20-6-3-18(4-7-20)9-10-28-25-24-26(34(16-30-24)13-12-33-11-1-2-23(33)36)32-27(31-25)29-15-19-5-8-21-22(14-19)38-17-37-21/h3-8,14,16,35H,1-2,9-13,15,17H2,(H2,28,29,31,32). The molecule has 0 spiro atoms. The smallest absolute Gasteiger partial charge is 0.231 e. The summed E-state index contributed by atoms with van der Waals surface area (Å²) >= 11 is 0. The van der Waals surface area contributed by atoms with E-state index in [-0.39, 0.29) is 18.4 Å². The minimum Gasteiger partial charge on any atom is -0.508 e. The monoisotopic (exact) mass is 515 g/mol. The van der Waals surface area contributed by atoms with E-state index < -0.39 is 0 Å². The lowest BCUT2D eigenvalue weighted by Gasteiger charge is -2.16. The van der Waals surface area contributed by atoms with E-state index in [0.29, 0.717) is 55.5 Å². The fraction of sp³-hybridized carbons (Fsp3) is 0.333. The maximum atomic E-state index is 12.1. The third kappa shape index (κ3) is 5.13. The van der Waals surface area contributed by atoms with Crippen LogP contribution in [0, 0.1) is 0 Å². The number of benzene rings is 2. The van der Waals surface area contributed by atoms with Crippen LogP contribution >= 0.6 is 0 Å². The summed E-state index contributed by atoms with van der Waals surface area (Å²) in [6, 6.07) is 13.0. The highest BCUT2D eigenvalue weighted by Gasteiger charge is 2.21. The largest absolute Gasteiger partial charge is 0.508 e. The fourth-order valence-electron chi connectivity index (χ4n) is 4.70. The van der Waals surface area contributed by atoms with Crippen molar-refractivity contribution in [2.45, 2.75) is 32.4 Å². The second kappa shape index (κ2) is 10.4. The van der Waals surface area contributed by atoms with Crippen molar-refractivity contribution < 1.29 is 19.4 Å². The lowest BCUT2D eigenvalue weighted by molar-refractivity contribution is -0.127. The number of nitrogens with zero attached hydrogens (tertiary/aromatic N) is 5. The van der Waals surface area contributed by atoms with Crippen molar-refractivity contribution in [1.82, 2.24) is 24.4 Å². The van der Waals surface area contributed by atoms with E-state index in [2.05, 4.69) is 15.6 Å². The molecule has 0 saturated carbocycles. The molecule has 2 aliphatic rings. The Morgan fingerprint density at radius 3 is 2.66 bits per heavy atom. The number of carbonyl (C=O) groups is 1. The quantitative estimate of drug-likeness (QED) is 0.292. The number of nitrogens with one attached hydrogen (secondary N) is 2. The molecule has 0 atom stereocenters. The van der Waals surface area contributed by atoms with Gasteiger partial charge in [0, 0.05) is 39.1 Å². The summed E-state index contributed by atoms with van der Waals surface area (Å²) in [5.74, 6) is 3.03. The van der Waals surface area contributed by atoms with Gasteiger partial charge in [0.2, 0.25) is 18.6 Å². The van der Waals surface area contributed by atoms with E-state index in [1.165, 1.54) is 0 Å². The SMILES string of the molecule is O=C1CCCN1CCn1cnc2c(NCCc3ccc(O)cc3)nc(NCc3ccc4c(c3)OCO4)nc21. The number of aromatic nitrogens is 4. The van der Waals surface area contributed by atoms with Crippen LogP contribution in [-0.2, 0) is 24.3 Å². The number of fused-ring (bicyclic) bond motifs is 2. The van der Waals surface area contributed by atoms with Crippen LogP contribution in [0.2, 0.25) is 0 Å². The van der Waals surface area contributed by atoms with Crippen LogP contribution in [0.25, 0.3) is 11.2 Å². The Hall–Kier alpha value is -4.54. The van der Waals surface area contributed by atoms with E-state index in [4.69, 9.17) is 19.4 Å². The van der Waals surface area contributed by atoms with Gasteiger partial charge in [-0.3, -0.25) is 4.79 Å². The Bertz CT molecular complexity index is 1450. The third-order valence-corrected chi connectivity index (χ3v) is 6.78. The number of likely N-dealkylation sites (tertiary alicyclic amines) is 1. The van der Waals surface area contributed by atoms with Crippen molar-refractivity contribution in [2.75, 3.05) is 37.1 Å². The normalized spacial score (nSPS) is 14.4. The Balaban J connectivity index is 1.21. The van der Waals surface area contributed by atoms with Crippen molar-refractivity contribution >= 4 is 28.8 Å². The first kappa shape index (κ1) is 23.8. The molecule has 0 aliphatic carbocycles. The Kier molecular flexibility index (Phi) is 6.55. The van der Waals surface area contributed by atoms with Gasteiger partial charge in [-0.2, -0.15) is 9.97 Å². The number of hydrogen-bond donors (Lipinski definition) is 3. The maximum Gasteiger partial charge on any atom is 0.231 e. The van der Waals surface area contributed by atoms with E-state index >= 15 is 0 Å². The molecule has 196 valence electrons. The summed E-state index contributed by atoms with van der Waals surface area (Å²) in [7, 11) is 0. The molecule has 3 N–H and O–H groups in total. The Morgan fingerprint density at radius 1 is 0.974 bits per heavy atom. The molecule has 4 heterocycles. The number of anilines is 2. The van der Waals surface area contributed by atoms with Crippen LogP contribution in [0.3, 0.4) is 0 Å². The number of rotatable bonds is 10. The number of phenolic OH excluding ortho intramolecular Hbond substituents is 1. The molecule has 2 aliphatic heterocycles.